The van der Waals surface area contributed by atoms with Gasteiger partial charge in [0.1, 0.15) is 0 Å². The molecule has 2 N–H and O–H groups in total. The molecule has 0 spiro atoms. The molecule has 1 aliphatic heterocycles. The number of piperidine rings is 1. The van der Waals surface area contributed by atoms with Crippen LogP contribution in [0.2, 0.25) is 0 Å². The molecule has 1 fully saturated rings. The van der Waals surface area contributed by atoms with Gasteiger partial charge in [-0.3, -0.25) is 0 Å². The fraction of sp³-hybridized carbons (Fsp3) is 0.400. The zero-order chi connectivity index (χ0) is 15.6. The van der Waals surface area contributed by atoms with Gasteiger partial charge >= 0.3 is 0 Å². The van der Waals surface area contributed by atoms with Crippen LogP contribution in [0.15, 0.2) is 40.7 Å². The Morgan fingerprint density at radius 2 is 1.91 bits per heavy atom. The van der Waals surface area contributed by atoms with E-state index in [1.54, 1.807) is 0 Å². The van der Waals surface area contributed by atoms with E-state index in [0.717, 1.165) is 48.8 Å². The third-order valence-electron chi connectivity index (χ3n) is 4.00. The van der Waals surface area contributed by atoms with Crippen molar-refractivity contribution in [2.24, 2.45) is 11.1 Å². The van der Waals surface area contributed by atoms with E-state index in [1.165, 1.54) is 11.8 Å². The van der Waals surface area contributed by atoms with Crippen LogP contribution in [-0.4, -0.2) is 26.5 Å². The van der Waals surface area contributed by atoms with Crippen LogP contribution in [0.4, 0.5) is 5.13 Å². The first-order chi connectivity index (χ1) is 10.5. The highest BCUT2D eigenvalue weighted by Gasteiger charge is 2.23. The topological polar surface area (TPSA) is 76.3 Å². The summed E-state index contributed by atoms with van der Waals surface area (Å²) in [5.41, 5.74) is 1.38. The van der Waals surface area contributed by atoms with Gasteiger partial charge in [0.15, 0.2) is 9.34 Å². The Balaban J connectivity index is 1.59. The zero-order valence-electron chi connectivity index (χ0n) is 12.2. The van der Waals surface area contributed by atoms with Crippen molar-refractivity contribution in [3.63, 3.8) is 0 Å². The fourth-order valence-corrected chi connectivity index (χ4v) is 4.39. The van der Waals surface area contributed by atoms with Gasteiger partial charge in [0, 0.05) is 13.1 Å². The first-order valence-corrected chi connectivity index (χ1v) is 9.66. The van der Waals surface area contributed by atoms with Gasteiger partial charge in [-0.05, 0) is 30.7 Å². The molecule has 3 rings (SSSR count). The molecule has 2 heterocycles. The predicted molar refractivity (Wildman–Crippen MR) is 88.6 cm³/mol. The van der Waals surface area contributed by atoms with E-state index in [0.29, 0.717) is 5.92 Å². The van der Waals surface area contributed by atoms with Crippen molar-refractivity contribution in [3.05, 3.63) is 42.1 Å². The SMILES string of the molecule is NS(=O)(=O)c1cnc(N2CCC(Cc3ccccc3)CC2)s1. The summed E-state index contributed by atoms with van der Waals surface area (Å²) in [5, 5.41) is 5.88. The summed E-state index contributed by atoms with van der Waals surface area (Å²) in [6.45, 7) is 1.82. The number of primary sulfonamides is 1. The molecule has 0 unspecified atom stereocenters. The summed E-state index contributed by atoms with van der Waals surface area (Å²) in [7, 11) is -3.64. The minimum atomic E-state index is -3.64. The average molecular weight is 337 g/mol. The van der Waals surface area contributed by atoms with E-state index in [2.05, 4.69) is 34.1 Å². The summed E-state index contributed by atoms with van der Waals surface area (Å²) in [5.74, 6) is 0.677. The number of rotatable bonds is 4. The van der Waals surface area contributed by atoms with Gasteiger partial charge in [-0.2, -0.15) is 0 Å². The summed E-state index contributed by atoms with van der Waals surface area (Å²) >= 11 is 1.15. The number of anilines is 1. The lowest BCUT2D eigenvalue weighted by atomic mass is 9.90. The third kappa shape index (κ3) is 3.66. The van der Waals surface area contributed by atoms with Crippen molar-refractivity contribution >= 4 is 26.5 Å². The Hall–Kier alpha value is -1.44. The molecular weight excluding hydrogens is 318 g/mol. The molecule has 7 heteroatoms. The van der Waals surface area contributed by atoms with E-state index in [4.69, 9.17) is 5.14 Å². The highest BCUT2D eigenvalue weighted by molar-refractivity contribution is 7.91. The summed E-state index contributed by atoms with van der Waals surface area (Å²) in [4.78, 5) is 6.35. The maximum absolute atomic E-state index is 11.3. The van der Waals surface area contributed by atoms with Gasteiger partial charge in [0.05, 0.1) is 6.20 Å². The van der Waals surface area contributed by atoms with Gasteiger partial charge in [0.2, 0.25) is 10.0 Å². The maximum Gasteiger partial charge on any atom is 0.249 e. The Labute approximate surface area is 134 Å². The number of sulfonamides is 1. The Morgan fingerprint density at radius 1 is 1.23 bits per heavy atom. The zero-order valence-corrected chi connectivity index (χ0v) is 13.8. The molecule has 0 atom stereocenters. The standard InChI is InChI=1S/C15H19N3O2S2/c16-22(19,20)14-11-17-15(21-14)18-8-6-13(7-9-18)10-12-4-2-1-3-5-12/h1-5,11,13H,6-10H2,(H2,16,19,20). The normalized spacial score (nSPS) is 16.9. The Kier molecular flexibility index (Phi) is 4.46. The van der Waals surface area contributed by atoms with Crippen molar-refractivity contribution in [2.75, 3.05) is 18.0 Å². The number of nitrogens with zero attached hydrogens (tertiary/aromatic N) is 2. The number of hydrogen-bond donors (Lipinski definition) is 1. The van der Waals surface area contributed by atoms with E-state index in [-0.39, 0.29) is 4.21 Å². The minimum absolute atomic E-state index is 0.133. The van der Waals surface area contributed by atoms with Crippen LogP contribution in [0.3, 0.4) is 0 Å². The maximum atomic E-state index is 11.3. The van der Waals surface area contributed by atoms with Gasteiger partial charge in [-0.15, -0.1) is 0 Å². The highest BCUT2D eigenvalue weighted by Crippen LogP contribution is 2.30. The van der Waals surface area contributed by atoms with Crippen LogP contribution in [0.5, 0.6) is 0 Å². The largest absolute Gasteiger partial charge is 0.348 e. The Bertz CT molecular complexity index is 720. The fourth-order valence-electron chi connectivity index (χ4n) is 2.80. The van der Waals surface area contributed by atoms with Crippen LogP contribution in [0, 0.1) is 5.92 Å². The summed E-state index contributed by atoms with van der Waals surface area (Å²) in [6.07, 6.45) is 4.65. The molecule has 1 aromatic carbocycles. The van der Waals surface area contributed by atoms with E-state index in [9.17, 15) is 8.42 Å². The number of nitrogens with two attached hydrogens (primary N) is 1. The van der Waals surface area contributed by atoms with Crippen LogP contribution < -0.4 is 10.0 Å². The molecule has 2 aromatic rings. The number of aromatic nitrogens is 1. The second kappa shape index (κ2) is 6.36. The summed E-state index contributed by atoms with van der Waals surface area (Å²) < 4.78 is 22.8. The molecule has 22 heavy (non-hydrogen) atoms. The monoisotopic (exact) mass is 337 g/mol. The molecule has 1 aromatic heterocycles. The van der Waals surface area contributed by atoms with E-state index >= 15 is 0 Å². The van der Waals surface area contributed by atoms with Crippen molar-refractivity contribution in [3.8, 4) is 0 Å². The number of benzene rings is 1. The third-order valence-corrected chi connectivity index (χ3v) is 6.47. The van der Waals surface area contributed by atoms with Crippen LogP contribution in [0.25, 0.3) is 0 Å². The molecule has 1 aliphatic rings. The first kappa shape index (κ1) is 15.5. The Morgan fingerprint density at radius 3 is 2.50 bits per heavy atom. The second-order valence-electron chi connectivity index (χ2n) is 5.63. The van der Waals surface area contributed by atoms with Crippen LogP contribution in [0.1, 0.15) is 18.4 Å². The van der Waals surface area contributed by atoms with Gasteiger partial charge in [-0.1, -0.05) is 41.7 Å². The van der Waals surface area contributed by atoms with Crippen molar-refractivity contribution < 1.29 is 8.42 Å². The van der Waals surface area contributed by atoms with E-state index < -0.39 is 10.0 Å². The number of thiazole rings is 1. The van der Waals surface area contributed by atoms with Crippen LogP contribution in [-0.2, 0) is 16.4 Å². The smallest absolute Gasteiger partial charge is 0.249 e. The molecule has 5 nitrogen and oxygen atoms in total. The number of hydrogen-bond acceptors (Lipinski definition) is 5. The predicted octanol–water partition coefficient (Wildman–Crippen LogP) is 2.25. The molecule has 0 aliphatic carbocycles. The lowest BCUT2D eigenvalue weighted by Gasteiger charge is -2.31. The molecule has 0 radical (unpaired) electrons. The lowest BCUT2D eigenvalue weighted by molar-refractivity contribution is 0.403. The van der Waals surface area contributed by atoms with Gasteiger partial charge in [0.25, 0.3) is 0 Å². The highest BCUT2D eigenvalue weighted by atomic mass is 32.2. The quantitative estimate of drug-likeness (QED) is 0.928. The molecule has 1 saturated heterocycles. The minimum Gasteiger partial charge on any atom is -0.348 e. The average Bonchev–Trinajstić information content (AvgIpc) is 2.99. The molecule has 0 saturated carbocycles. The lowest BCUT2D eigenvalue weighted by Crippen LogP contribution is -2.34. The van der Waals surface area contributed by atoms with Crippen LogP contribution >= 0.6 is 11.3 Å². The van der Waals surface area contributed by atoms with Crippen molar-refractivity contribution in [2.45, 2.75) is 23.5 Å². The summed E-state index contributed by atoms with van der Waals surface area (Å²) in [6, 6.07) is 10.5. The second-order valence-corrected chi connectivity index (χ2v) is 8.42. The van der Waals surface area contributed by atoms with E-state index in [1.807, 2.05) is 6.07 Å². The molecule has 118 valence electrons. The molecule has 0 amide bonds. The first-order valence-electron chi connectivity index (χ1n) is 7.30. The van der Waals surface area contributed by atoms with Crippen molar-refractivity contribution in [1.82, 2.24) is 4.98 Å². The molecule has 0 bridgehead atoms. The molecular formula is C15H19N3O2S2. The van der Waals surface area contributed by atoms with Gasteiger partial charge in [-0.25, -0.2) is 18.5 Å². The van der Waals surface area contributed by atoms with Crippen molar-refractivity contribution in [1.29, 1.82) is 0 Å². The van der Waals surface area contributed by atoms with Gasteiger partial charge < -0.3 is 4.90 Å².